The van der Waals surface area contributed by atoms with Crippen LogP contribution < -0.4 is 15.6 Å². The number of para-hydroxylation sites is 1. The second-order valence-corrected chi connectivity index (χ2v) is 6.38. The van der Waals surface area contributed by atoms with Crippen molar-refractivity contribution in [2.75, 3.05) is 0 Å². The van der Waals surface area contributed by atoms with Crippen molar-refractivity contribution in [3.63, 3.8) is 0 Å². The van der Waals surface area contributed by atoms with Gasteiger partial charge in [0, 0.05) is 0 Å². The summed E-state index contributed by atoms with van der Waals surface area (Å²) in [7, 11) is 0. The third-order valence-corrected chi connectivity index (χ3v) is 4.32. The molecule has 3 aromatic carbocycles. The highest BCUT2D eigenvalue weighted by atomic mass is 16.5. The molecule has 0 aromatic heterocycles. The molecule has 1 atom stereocenters. The minimum Gasteiger partial charge on any atom is -0.481 e. The third-order valence-electron chi connectivity index (χ3n) is 4.32. The maximum Gasteiger partial charge on any atom is 0.279 e. The van der Waals surface area contributed by atoms with Gasteiger partial charge in [0.1, 0.15) is 5.75 Å². The molecular formula is C22H22N2O3. The van der Waals surface area contributed by atoms with Gasteiger partial charge in [-0.2, -0.15) is 0 Å². The van der Waals surface area contributed by atoms with E-state index >= 15 is 0 Å². The zero-order valence-electron chi connectivity index (χ0n) is 15.4. The number of fused-ring (bicyclic) bond motifs is 1. The molecule has 0 fully saturated rings. The Morgan fingerprint density at radius 2 is 1.63 bits per heavy atom. The molecule has 0 heterocycles. The van der Waals surface area contributed by atoms with Gasteiger partial charge in [0.15, 0.2) is 6.10 Å². The summed E-state index contributed by atoms with van der Waals surface area (Å²) < 4.78 is 5.65. The van der Waals surface area contributed by atoms with E-state index in [1.807, 2.05) is 67.6 Å². The topological polar surface area (TPSA) is 67.4 Å². The maximum atomic E-state index is 12.2. The molecule has 0 aliphatic rings. The van der Waals surface area contributed by atoms with Crippen LogP contribution in [0.2, 0.25) is 0 Å². The van der Waals surface area contributed by atoms with Gasteiger partial charge in [-0.25, -0.2) is 0 Å². The van der Waals surface area contributed by atoms with E-state index in [2.05, 4.69) is 10.9 Å². The average Bonchev–Trinajstić information content (AvgIpc) is 2.68. The van der Waals surface area contributed by atoms with Crippen LogP contribution in [0.25, 0.3) is 10.8 Å². The van der Waals surface area contributed by atoms with Crippen molar-refractivity contribution in [1.82, 2.24) is 10.9 Å². The lowest BCUT2D eigenvalue weighted by molar-refractivity contribution is -0.132. The van der Waals surface area contributed by atoms with Gasteiger partial charge in [-0.1, -0.05) is 60.7 Å². The number of aryl methyl sites for hydroxylation is 1. The van der Waals surface area contributed by atoms with Crippen molar-refractivity contribution < 1.29 is 14.3 Å². The molecule has 5 heteroatoms. The van der Waals surface area contributed by atoms with Crippen molar-refractivity contribution in [1.29, 1.82) is 0 Å². The van der Waals surface area contributed by atoms with E-state index in [4.69, 9.17) is 4.74 Å². The Morgan fingerprint density at radius 3 is 2.44 bits per heavy atom. The number of carbonyl (C=O) groups excluding carboxylic acids is 2. The molecule has 27 heavy (non-hydrogen) atoms. The highest BCUT2D eigenvalue weighted by Crippen LogP contribution is 2.19. The lowest BCUT2D eigenvalue weighted by Crippen LogP contribution is -2.47. The molecule has 138 valence electrons. The summed E-state index contributed by atoms with van der Waals surface area (Å²) in [5, 5.41) is 2.10. The Hall–Kier alpha value is -3.34. The van der Waals surface area contributed by atoms with Crippen LogP contribution in [-0.4, -0.2) is 17.9 Å². The number of rotatable bonds is 5. The van der Waals surface area contributed by atoms with Crippen LogP contribution in [0.15, 0.2) is 66.7 Å². The average molecular weight is 362 g/mol. The molecule has 1 unspecified atom stereocenters. The normalized spacial score (nSPS) is 11.6. The number of benzene rings is 3. The standard InChI is InChI=1S/C22H22N2O3/c1-15-8-3-6-13-20(15)27-16(2)22(26)24-23-21(25)14-18-11-7-10-17-9-4-5-12-19(17)18/h3-13,16H,14H2,1-2H3,(H,23,25)(H,24,26). The molecule has 2 N–H and O–H groups in total. The number of ether oxygens (including phenoxy) is 1. The number of hydrazine groups is 1. The van der Waals surface area contributed by atoms with E-state index < -0.39 is 12.0 Å². The first kappa shape index (κ1) is 18.5. The van der Waals surface area contributed by atoms with Crippen molar-refractivity contribution in [3.8, 4) is 5.75 Å². The fraction of sp³-hybridized carbons (Fsp3) is 0.182. The van der Waals surface area contributed by atoms with Gasteiger partial charge < -0.3 is 4.74 Å². The third kappa shape index (κ3) is 4.64. The molecule has 0 saturated carbocycles. The molecular weight excluding hydrogens is 340 g/mol. The quantitative estimate of drug-likeness (QED) is 0.685. The van der Waals surface area contributed by atoms with Gasteiger partial charge in [0.2, 0.25) is 5.91 Å². The van der Waals surface area contributed by atoms with Gasteiger partial charge >= 0.3 is 0 Å². The van der Waals surface area contributed by atoms with E-state index in [0.717, 1.165) is 21.9 Å². The van der Waals surface area contributed by atoms with Crippen molar-refractivity contribution >= 4 is 22.6 Å². The second kappa shape index (κ2) is 8.36. The number of hydrogen-bond acceptors (Lipinski definition) is 3. The summed E-state index contributed by atoms with van der Waals surface area (Å²) in [6, 6.07) is 21.2. The summed E-state index contributed by atoms with van der Waals surface area (Å²) >= 11 is 0. The highest BCUT2D eigenvalue weighted by molar-refractivity contribution is 5.91. The summed E-state index contributed by atoms with van der Waals surface area (Å²) in [6.07, 6.45) is -0.557. The molecule has 0 radical (unpaired) electrons. The second-order valence-electron chi connectivity index (χ2n) is 6.38. The monoisotopic (exact) mass is 362 g/mol. The molecule has 2 amide bonds. The zero-order chi connectivity index (χ0) is 19.2. The molecule has 0 spiro atoms. The Kier molecular flexibility index (Phi) is 5.71. The minimum absolute atomic E-state index is 0.175. The molecule has 5 nitrogen and oxygen atoms in total. The van der Waals surface area contributed by atoms with Crippen LogP contribution in [0.1, 0.15) is 18.1 Å². The molecule has 3 aromatic rings. The largest absolute Gasteiger partial charge is 0.481 e. The van der Waals surface area contributed by atoms with Gasteiger partial charge in [0.25, 0.3) is 5.91 Å². The van der Waals surface area contributed by atoms with Crippen molar-refractivity contribution in [2.45, 2.75) is 26.4 Å². The molecule has 0 saturated heterocycles. The van der Waals surface area contributed by atoms with Crippen LogP contribution in [0.5, 0.6) is 5.75 Å². The minimum atomic E-state index is -0.732. The van der Waals surface area contributed by atoms with E-state index in [-0.39, 0.29) is 12.3 Å². The van der Waals surface area contributed by atoms with Crippen LogP contribution in [-0.2, 0) is 16.0 Å². The van der Waals surface area contributed by atoms with Gasteiger partial charge in [-0.05, 0) is 41.8 Å². The molecule has 3 rings (SSSR count). The van der Waals surface area contributed by atoms with Gasteiger partial charge in [-0.3, -0.25) is 20.4 Å². The first-order valence-corrected chi connectivity index (χ1v) is 8.82. The Bertz CT molecular complexity index is 963. The molecule has 0 aliphatic heterocycles. The van der Waals surface area contributed by atoms with E-state index in [1.54, 1.807) is 13.0 Å². The summed E-state index contributed by atoms with van der Waals surface area (Å²) in [5.41, 5.74) is 6.73. The number of amides is 2. The van der Waals surface area contributed by atoms with Crippen molar-refractivity contribution in [3.05, 3.63) is 77.9 Å². The predicted octanol–water partition coefficient (Wildman–Crippen LogP) is 3.31. The maximum absolute atomic E-state index is 12.2. The fourth-order valence-electron chi connectivity index (χ4n) is 2.83. The van der Waals surface area contributed by atoms with Crippen LogP contribution in [0, 0.1) is 6.92 Å². The number of nitrogens with one attached hydrogen (secondary N) is 2. The van der Waals surface area contributed by atoms with Crippen LogP contribution >= 0.6 is 0 Å². The predicted molar refractivity (Wildman–Crippen MR) is 105 cm³/mol. The zero-order valence-corrected chi connectivity index (χ0v) is 15.4. The fourth-order valence-corrected chi connectivity index (χ4v) is 2.83. The summed E-state index contributed by atoms with van der Waals surface area (Å²) in [4.78, 5) is 24.4. The van der Waals surface area contributed by atoms with Crippen LogP contribution in [0.3, 0.4) is 0 Å². The lowest BCUT2D eigenvalue weighted by Gasteiger charge is -2.16. The Labute approximate surface area is 158 Å². The van der Waals surface area contributed by atoms with E-state index in [0.29, 0.717) is 5.75 Å². The summed E-state index contributed by atoms with van der Waals surface area (Å²) in [5.74, 6) is -0.0606. The SMILES string of the molecule is Cc1ccccc1OC(C)C(=O)NNC(=O)Cc1cccc2ccccc12. The lowest BCUT2D eigenvalue weighted by atomic mass is 10.0. The summed E-state index contributed by atoms with van der Waals surface area (Å²) in [6.45, 7) is 3.55. The Balaban J connectivity index is 1.55. The van der Waals surface area contributed by atoms with Crippen LogP contribution in [0.4, 0.5) is 0 Å². The number of hydrogen-bond donors (Lipinski definition) is 2. The molecule has 0 bridgehead atoms. The smallest absolute Gasteiger partial charge is 0.279 e. The van der Waals surface area contributed by atoms with Gasteiger partial charge in [0.05, 0.1) is 6.42 Å². The van der Waals surface area contributed by atoms with Gasteiger partial charge in [-0.15, -0.1) is 0 Å². The van der Waals surface area contributed by atoms with E-state index in [9.17, 15) is 9.59 Å². The highest BCUT2D eigenvalue weighted by Gasteiger charge is 2.16. The molecule has 0 aliphatic carbocycles. The first-order chi connectivity index (χ1) is 13.0. The van der Waals surface area contributed by atoms with E-state index in [1.165, 1.54) is 0 Å². The first-order valence-electron chi connectivity index (χ1n) is 8.82. The number of carbonyl (C=O) groups is 2. The van der Waals surface area contributed by atoms with Crippen molar-refractivity contribution in [2.24, 2.45) is 0 Å². The Morgan fingerprint density at radius 1 is 0.926 bits per heavy atom.